The highest BCUT2D eigenvalue weighted by molar-refractivity contribution is 7.53. The van der Waals surface area contributed by atoms with Gasteiger partial charge in [-0.15, -0.1) is 23.2 Å². The van der Waals surface area contributed by atoms with Crippen molar-refractivity contribution in [2.75, 3.05) is 45.6 Å². The summed E-state index contributed by atoms with van der Waals surface area (Å²) in [7, 11) is 0.196. The fraction of sp³-hybridized carbons (Fsp3) is 0.900. The van der Waals surface area contributed by atoms with E-state index in [9.17, 15) is 9.36 Å². The van der Waals surface area contributed by atoms with Crippen LogP contribution < -0.4 is 0 Å². The molecule has 5 nitrogen and oxygen atoms in total. The molecular weight excluding hydrogens is 298 g/mol. The minimum atomic E-state index is -3.15. The van der Waals surface area contributed by atoms with Crippen LogP contribution in [0.4, 0.5) is 0 Å². The Morgan fingerprint density at radius 3 is 2.06 bits per heavy atom. The first-order valence-corrected chi connectivity index (χ1v) is 8.27. The molecule has 0 radical (unpaired) electrons. The molecule has 0 heterocycles. The number of alkyl halides is 2. The molecule has 0 N–H and O–H groups in total. The Kier molecular flexibility index (Phi) is 9.48. The molecule has 8 heteroatoms. The maximum absolute atomic E-state index is 12.8. The molecule has 0 aliphatic carbocycles. The standard InChI is InChI=1S/C10H21Cl2N2O3P/c1-10(15)4-9-17-18(16,13(2)3)14(7-5-11)8-6-12/h4-9H2,1-3H3. The predicted molar refractivity (Wildman–Crippen MR) is 75.6 cm³/mol. The van der Waals surface area contributed by atoms with E-state index in [1.807, 2.05) is 0 Å². The third-order valence-electron chi connectivity index (χ3n) is 2.26. The van der Waals surface area contributed by atoms with E-state index in [1.165, 1.54) is 11.6 Å². The quantitative estimate of drug-likeness (QED) is 0.457. The van der Waals surface area contributed by atoms with Crippen LogP contribution in [-0.4, -0.2) is 60.7 Å². The summed E-state index contributed by atoms with van der Waals surface area (Å²) in [6, 6.07) is 0. The summed E-state index contributed by atoms with van der Waals surface area (Å²) in [5.41, 5.74) is 0. The third-order valence-corrected chi connectivity index (χ3v) is 5.24. The zero-order chi connectivity index (χ0) is 14.2. The number of Topliss-reactive ketones (excluding diaryl/α,β-unsaturated/α-hetero) is 1. The Labute approximate surface area is 119 Å². The summed E-state index contributed by atoms with van der Waals surface area (Å²) in [4.78, 5) is 10.9. The van der Waals surface area contributed by atoms with Gasteiger partial charge < -0.3 is 4.52 Å². The fourth-order valence-electron chi connectivity index (χ4n) is 1.32. The molecule has 0 aliphatic heterocycles. The lowest BCUT2D eigenvalue weighted by Gasteiger charge is -2.33. The predicted octanol–water partition coefficient (Wildman–Crippen LogP) is 2.43. The van der Waals surface area contributed by atoms with Gasteiger partial charge in [-0.3, -0.25) is 9.36 Å². The molecule has 1 atom stereocenters. The lowest BCUT2D eigenvalue weighted by molar-refractivity contribution is -0.117. The van der Waals surface area contributed by atoms with Gasteiger partial charge in [-0.05, 0) is 21.0 Å². The van der Waals surface area contributed by atoms with Gasteiger partial charge in [0.25, 0.3) is 0 Å². The molecule has 0 rings (SSSR count). The zero-order valence-corrected chi connectivity index (χ0v) is 13.5. The van der Waals surface area contributed by atoms with Gasteiger partial charge in [-0.2, -0.15) is 0 Å². The number of carbonyl (C=O) groups is 1. The molecule has 1 unspecified atom stereocenters. The summed E-state index contributed by atoms with van der Waals surface area (Å²) in [5, 5.41) is 0. The second kappa shape index (κ2) is 9.29. The first-order chi connectivity index (χ1) is 8.38. The molecule has 0 saturated heterocycles. The van der Waals surface area contributed by atoms with Gasteiger partial charge in [-0.25, -0.2) is 9.34 Å². The first kappa shape index (κ1) is 18.4. The molecule has 0 aromatic carbocycles. The van der Waals surface area contributed by atoms with Gasteiger partial charge in [-0.1, -0.05) is 0 Å². The molecule has 0 amide bonds. The Hall–Kier alpha value is 0.360. The first-order valence-electron chi connectivity index (χ1n) is 5.67. The van der Waals surface area contributed by atoms with Crippen molar-refractivity contribution < 1.29 is 13.9 Å². The second-order valence-corrected chi connectivity index (χ2v) is 7.32. The van der Waals surface area contributed by atoms with Crippen molar-refractivity contribution in [1.29, 1.82) is 0 Å². The summed E-state index contributed by atoms with van der Waals surface area (Å²) in [6.07, 6.45) is 0.243. The zero-order valence-electron chi connectivity index (χ0n) is 11.1. The largest absolute Gasteiger partial charge is 0.345 e. The van der Waals surface area contributed by atoms with E-state index in [0.717, 1.165) is 0 Å². The number of hydrogen-bond acceptors (Lipinski definition) is 3. The van der Waals surface area contributed by atoms with E-state index in [-0.39, 0.29) is 18.8 Å². The Bertz CT molecular complexity index is 297. The highest BCUT2D eigenvalue weighted by Crippen LogP contribution is 2.52. The van der Waals surface area contributed by atoms with Gasteiger partial charge >= 0.3 is 7.67 Å². The summed E-state index contributed by atoms with van der Waals surface area (Å²) in [5.74, 6) is 0.678. The van der Waals surface area contributed by atoms with Crippen LogP contribution in [0.2, 0.25) is 0 Å². The third kappa shape index (κ3) is 6.00. The van der Waals surface area contributed by atoms with Crippen LogP contribution in [0.3, 0.4) is 0 Å². The number of carbonyl (C=O) groups excluding carboxylic acids is 1. The lowest BCUT2D eigenvalue weighted by atomic mass is 10.3. The minimum Gasteiger partial charge on any atom is -0.305 e. The maximum atomic E-state index is 12.8. The van der Waals surface area contributed by atoms with Gasteiger partial charge in [0.2, 0.25) is 0 Å². The van der Waals surface area contributed by atoms with E-state index in [4.69, 9.17) is 27.7 Å². The average Bonchev–Trinajstić information content (AvgIpc) is 2.27. The Balaban J connectivity index is 4.74. The van der Waals surface area contributed by atoms with Crippen LogP contribution in [0.25, 0.3) is 0 Å². The molecule has 0 saturated carbocycles. The van der Waals surface area contributed by atoms with Crippen molar-refractivity contribution >= 4 is 36.7 Å². The minimum absolute atomic E-state index is 0.00143. The highest BCUT2D eigenvalue weighted by Gasteiger charge is 2.33. The average molecular weight is 319 g/mol. The molecule has 0 spiro atoms. The van der Waals surface area contributed by atoms with Crippen LogP contribution in [0.15, 0.2) is 0 Å². The SMILES string of the molecule is CC(=O)CCOP(=O)(N(C)C)N(CCCl)CCCl. The molecule has 18 heavy (non-hydrogen) atoms. The number of nitrogens with zero attached hydrogens (tertiary/aromatic N) is 2. The van der Waals surface area contributed by atoms with E-state index in [0.29, 0.717) is 24.8 Å². The molecular formula is C10H21Cl2N2O3P. The van der Waals surface area contributed by atoms with Crippen LogP contribution in [-0.2, 0) is 13.9 Å². The van der Waals surface area contributed by atoms with Gasteiger partial charge in [0.1, 0.15) is 5.78 Å². The molecule has 0 aromatic rings. The normalized spacial score (nSPS) is 15.1. The van der Waals surface area contributed by atoms with Crippen molar-refractivity contribution in [1.82, 2.24) is 9.34 Å². The number of rotatable bonds is 10. The smallest absolute Gasteiger partial charge is 0.305 e. The van der Waals surface area contributed by atoms with Crippen molar-refractivity contribution in [3.8, 4) is 0 Å². The van der Waals surface area contributed by atoms with Crippen LogP contribution in [0.5, 0.6) is 0 Å². The number of halogens is 2. The summed E-state index contributed by atoms with van der Waals surface area (Å²) in [6.45, 7) is 2.44. The second-order valence-electron chi connectivity index (χ2n) is 3.95. The van der Waals surface area contributed by atoms with Crippen LogP contribution >= 0.6 is 30.9 Å². The van der Waals surface area contributed by atoms with Gasteiger partial charge in [0.15, 0.2) is 0 Å². The fourth-order valence-corrected chi connectivity index (χ4v) is 3.90. The van der Waals surface area contributed by atoms with Crippen LogP contribution in [0, 0.1) is 0 Å². The Morgan fingerprint density at radius 1 is 1.22 bits per heavy atom. The van der Waals surface area contributed by atoms with Gasteiger partial charge in [0, 0.05) is 31.3 Å². The summed E-state index contributed by atoms with van der Waals surface area (Å²) < 4.78 is 21.4. The molecule has 0 bridgehead atoms. The molecule has 0 aliphatic rings. The lowest BCUT2D eigenvalue weighted by Crippen LogP contribution is -2.32. The molecule has 0 fully saturated rings. The topological polar surface area (TPSA) is 49.9 Å². The van der Waals surface area contributed by atoms with Crippen molar-refractivity contribution in [3.05, 3.63) is 0 Å². The monoisotopic (exact) mass is 318 g/mol. The maximum Gasteiger partial charge on any atom is 0.345 e. The van der Waals surface area contributed by atoms with Crippen LogP contribution in [0.1, 0.15) is 13.3 Å². The van der Waals surface area contributed by atoms with E-state index < -0.39 is 7.67 Å². The highest BCUT2D eigenvalue weighted by atomic mass is 35.5. The summed E-state index contributed by atoms with van der Waals surface area (Å²) >= 11 is 11.4. The van der Waals surface area contributed by atoms with E-state index >= 15 is 0 Å². The molecule has 108 valence electrons. The van der Waals surface area contributed by atoms with Crippen molar-refractivity contribution in [2.24, 2.45) is 0 Å². The number of ketones is 1. The van der Waals surface area contributed by atoms with E-state index in [2.05, 4.69) is 0 Å². The van der Waals surface area contributed by atoms with Gasteiger partial charge in [0.05, 0.1) is 6.61 Å². The molecule has 0 aromatic heterocycles. The van der Waals surface area contributed by atoms with Crippen molar-refractivity contribution in [3.63, 3.8) is 0 Å². The Morgan fingerprint density at radius 2 is 1.72 bits per heavy atom. The number of hydrogen-bond donors (Lipinski definition) is 0. The van der Waals surface area contributed by atoms with E-state index in [1.54, 1.807) is 18.8 Å². The van der Waals surface area contributed by atoms with Crippen molar-refractivity contribution in [2.45, 2.75) is 13.3 Å².